The van der Waals surface area contributed by atoms with Gasteiger partial charge in [0.2, 0.25) is 5.89 Å². The third-order valence-corrected chi connectivity index (χ3v) is 6.99. The minimum absolute atomic E-state index is 0.310. The van der Waals surface area contributed by atoms with Gasteiger partial charge in [-0.3, -0.25) is 4.99 Å². The maximum atomic E-state index is 5.33. The Kier molecular flexibility index (Phi) is 7.44. The van der Waals surface area contributed by atoms with Crippen molar-refractivity contribution in [2.24, 2.45) is 4.99 Å². The Balaban J connectivity index is 1.53. The fourth-order valence-corrected chi connectivity index (χ4v) is 5.54. The number of rotatable bonds is 6. The number of hydrogen-bond donors (Lipinski definition) is 1. The summed E-state index contributed by atoms with van der Waals surface area (Å²) in [6.07, 6.45) is 8.63. The molecule has 152 valence electrons. The average molecular weight is 394 g/mol. The normalized spacial score (nSPS) is 20.4. The standard InChI is InChI=1S/C20H35N5OS/c1-4-21-19(22-12-8-9-17-23-18(16(2)3)24-26-17)25-13-14-27-20(15-25)10-6-5-7-11-20/h16H,4-15H2,1-3H3,(H,21,22). The highest BCUT2D eigenvalue weighted by Gasteiger charge is 2.38. The number of hydrogen-bond acceptors (Lipinski definition) is 5. The Morgan fingerprint density at radius 3 is 2.85 bits per heavy atom. The molecule has 6 nitrogen and oxygen atoms in total. The molecule has 0 amide bonds. The van der Waals surface area contributed by atoms with Crippen molar-refractivity contribution in [1.29, 1.82) is 0 Å². The van der Waals surface area contributed by atoms with Crippen molar-refractivity contribution in [3.63, 3.8) is 0 Å². The third-order valence-electron chi connectivity index (χ3n) is 5.46. The number of guanidine groups is 1. The third kappa shape index (κ3) is 5.62. The molecule has 1 spiro atoms. The van der Waals surface area contributed by atoms with E-state index >= 15 is 0 Å². The van der Waals surface area contributed by atoms with E-state index < -0.39 is 0 Å². The Hall–Kier alpha value is -1.24. The van der Waals surface area contributed by atoms with Crippen LogP contribution in [0.3, 0.4) is 0 Å². The van der Waals surface area contributed by atoms with Gasteiger partial charge < -0.3 is 14.7 Å². The van der Waals surface area contributed by atoms with Gasteiger partial charge in [0, 0.05) is 49.0 Å². The van der Waals surface area contributed by atoms with Crippen LogP contribution in [0.1, 0.15) is 76.9 Å². The van der Waals surface area contributed by atoms with Crippen molar-refractivity contribution < 1.29 is 4.52 Å². The second-order valence-electron chi connectivity index (χ2n) is 8.05. The molecule has 2 fully saturated rings. The first-order valence-corrected chi connectivity index (χ1v) is 11.6. The summed E-state index contributed by atoms with van der Waals surface area (Å²) in [6.45, 7) is 10.3. The molecule has 0 unspecified atom stereocenters. The fourth-order valence-electron chi connectivity index (χ4n) is 3.97. The molecule has 2 heterocycles. The molecule has 1 aliphatic heterocycles. The number of nitrogens with one attached hydrogen (secondary N) is 1. The van der Waals surface area contributed by atoms with Gasteiger partial charge in [0.15, 0.2) is 11.8 Å². The first-order chi connectivity index (χ1) is 13.1. The van der Waals surface area contributed by atoms with Crippen molar-refractivity contribution in [3.05, 3.63) is 11.7 Å². The molecule has 0 bridgehead atoms. The molecule has 0 radical (unpaired) electrons. The molecule has 1 saturated carbocycles. The van der Waals surface area contributed by atoms with Crippen LogP contribution in [0.15, 0.2) is 9.52 Å². The largest absolute Gasteiger partial charge is 0.357 e. The van der Waals surface area contributed by atoms with Crippen LogP contribution in [-0.2, 0) is 6.42 Å². The first kappa shape index (κ1) is 20.5. The van der Waals surface area contributed by atoms with Gasteiger partial charge in [-0.25, -0.2) is 0 Å². The van der Waals surface area contributed by atoms with E-state index in [9.17, 15) is 0 Å². The summed E-state index contributed by atoms with van der Waals surface area (Å²) in [5, 5.41) is 7.54. The van der Waals surface area contributed by atoms with Gasteiger partial charge in [0.1, 0.15) is 0 Å². The Morgan fingerprint density at radius 2 is 2.15 bits per heavy atom. The van der Waals surface area contributed by atoms with E-state index in [0.717, 1.165) is 56.7 Å². The number of nitrogens with zero attached hydrogens (tertiary/aromatic N) is 4. The number of aliphatic imine (C=N–C) groups is 1. The molecule has 1 aromatic rings. The highest BCUT2D eigenvalue weighted by atomic mass is 32.2. The van der Waals surface area contributed by atoms with E-state index in [2.05, 4.69) is 52.9 Å². The van der Waals surface area contributed by atoms with Crippen LogP contribution in [0.4, 0.5) is 0 Å². The number of aromatic nitrogens is 2. The summed E-state index contributed by atoms with van der Waals surface area (Å²) in [7, 11) is 0. The van der Waals surface area contributed by atoms with Crippen LogP contribution in [0.5, 0.6) is 0 Å². The zero-order valence-corrected chi connectivity index (χ0v) is 18.0. The summed E-state index contributed by atoms with van der Waals surface area (Å²) in [6, 6.07) is 0. The molecule has 0 atom stereocenters. The molecule has 3 rings (SSSR count). The summed E-state index contributed by atoms with van der Waals surface area (Å²) in [5.74, 6) is 4.13. The minimum atomic E-state index is 0.310. The van der Waals surface area contributed by atoms with Crippen LogP contribution in [0.2, 0.25) is 0 Å². The highest BCUT2D eigenvalue weighted by Crippen LogP contribution is 2.42. The quantitative estimate of drug-likeness (QED) is 0.450. The Morgan fingerprint density at radius 1 is 1.33 bits per heavy atom. The van der Waals surface area contributed by atoms with E-state index in [1.165, 1.54) is 37.9 Å². The van der Waals surface area contributed by atoms with Crippen LogP contribution in [-0.4, -0.2) is 57.7 Å². The van der Waals surface area contributed by atoms with Crippen molar-refractivity contribution in [3.8, 4) is 0 Å². The van der Waals surface area contributed by atoms with Gasteiger partial charge >= 0.3 is 0 Å². The van der Waals surface area contributed by atoms with Crippen LogP contribution >= 0.6 is 11.8 Å². The Labute approximate surface area is 168 Å². The average Bonchev–Trinajstić information content (AvgIpc) is 3.14. The zero-order valence-electron chi connectivity index (χ0n) is 17.2. The monoisotopic (exact) mass is 393 g/mol. The molecular weight excluding hydrogens is 358 g/mol. The molecule has 2 aliphatic rings. The molecule has 1 saturated heterocycles. The van der Waals surface area contributed by atoms with Crippen LogP contribution in [0, 0.1) is 0 Å². The molecule has 0 aromatic carbocycles. The molecule has 1 aromatic heterocycles. The van der Waals surface area contributed by atoms with E-state index in [4.69, 9.17) is 9.52 Å². The summed E-state index contributed by atoms with van der Waals surface area (Å²) >= 11 is 2.20. The van der Waals surface area contributed by atoms with E-state index in [1.54, 1.807) is 0 Å². The lowest BCUT2D eigenvalue weighted by Crippen LogP contribution is -2.53. The van der Waals surface area contributed by atoms with Gasteiger partial charge in [-0.05, 0) is 26.2 Å². The van der Waals surface area contributed by atoms with Crippen molar-refractivity contribution in [2.45, 2.75) is 76.4 Å². The summed E-state index contributed by atoms with van der Waals surface area (Å²) in [4.78, 5) is 11.9. The van der Waals surface area contributed by atoms with Crippen molar-refractivity contribution in [1.82, 2.24) is 20.4 Å². The Bertz CT molecular complexity index is 604. The van der Waals surface area contributed by atoms with Gasteiger partial charge in [-0.15, -0.1) is 0 Å². The van der Waals surface area contributed by atoms with Gasteiger partial charge in [-0.1, -0.05) is 38.3 Å². The predicted octanol–water partition coefficient (Wildman–Crippen LogP) is 3.84. The molecule has 1 N–H and O–H groups in total. The lowest BCUT2D eigenvalue weighted by atomic mass is 9.87. The molecule has 27 heavy (non-hydrogen) atoms. The van der Waals surface area contributed by atoms with E-state index in [0.29, 0.717) is 10.7 Å². The summed E-state index contributed by atoms with van der Waals surface area (Å²) in [5.41, 5.74) is 0. The SMILES string of the molecule is CCNC(=NCCCc1nc(C(C)C)no1)N1CCSC2(CCCCC2)C1. The smallest absolute Gasteiger partial charge is 0.226 e. The van der Waals surface area contributed by atoms with E-state index in [-0.39, 0.29) is 0 Å². The van der Waals surface area contributed by atoms with Crippen LogP contribution < -0.4 is 5.32 Å². The zero-order chi connectivity index (χ0) is 19.1. The molecule has 1 aliphatic carbocycles. The maximum absolute atomic E-state index is 5.33. The second-order valence-corrected chi connectivity index (χ2v) is 9.62. The molecule has 7 heteroatoms. The summed E-state index contributed by atoms with van der Waals surface area (Å²) < 4.78 is 5.80. The van der Waals surface area contributed by atoms with Crippen LogP contribution in [0.25, 0.3) is 0 Å². The minimum Gasteiger partial charge on any atom is -0.357 e. The fraction of sp³-hybridized carbons (Fsp3) is 0.850. The second kappa shape index (κ2) is 9.80. The van der Waals surface area contributed by atoms with E-state index in [1.807, 2.05) is 0 Å². The van der Waals surface area contributed by atoms with Gasteiger partial charge in [-0.2, -0.15) is 16.7 Å². The first-order valence-electron chi connectivity index (χ1n) is 10.6. The van der Waals surface area contributed by atoms with Gasteiger partial charge in [0.25, 0.3) is 0 Å². The lowest BCUT2D eigenvalue weighted by Gasteiger charge is -2.45. The number of thioether (sulfide) groups is 1. The highest BCUT2D eigenvalue weighted by molar-refractivity contribution is 8.00. The topological polar surface area (TPSA) is 66.5 Å². The maximum Gasteiger partial charge on any atom is 0.226 e. The molecular formula is C20H35N5OS. The predicted molar refractivity (Wildman–Crippen MR) is 113 cm³/mol. The van der Waals surface area contributed by atoms with Crippen molar-refractivity contribution >= 4 is 17.7 Å². The number of aryl methyl sites for hydroxylation is 1. The lowest BCUT2D eigenvalue weighted by molar-refractivity contribution is 0.293. The van der Waals surface area contributed by atoms with Crippen molar-refractivity contribution in [2.75, 3.05) is 31.9 Å². The van der Waals surface area contributed by atoms with Gasteiger partial charge in [0.05, 0.1) is 0 Å².